The second-order valence-corrected chi connectivity index (χ2v) is 6.85. The van der Waals surface area contributed by atoms with Crippen molar-refractivity contribution < 1.29 is 5.11 Å². The summed E-state index contributed by atoms with van der Waals surface area (Å²) in [5.74, 6) is 0.701. The third kappa shape index (κ3) is 1.32. The van der Waals surface area contributed by atoms with Crippen LogP contribution in [0.5, 0.6) is 0 Å². The van der Waals surface area contributed by atoms with Crippen molar-refractivity contribution in [2.75, 3.05) is 0 Å². The SMILES string of the molecule is OC1CCC2CCc3ccc4c5c(cc1c2c35)CCC4. The first kappa shape index (κ1) is 11.3. The summed E-state index contributed by atoms with van der Waals surface area (Å²) in [5.41, 5.74) is 7.38. The first-order chi connectivity index (χ1) is 9.83. The minimum Gasteiger partial charge on any atom is -0.388 e. The maximum atomic E-state index is 10.5. The molecule has 0 saturated carbocycles. The average molecular weight is 264 g/mol. The van der Waals surface area contributed by atoms with Gasteiger partial charge in [0.15, 0.2) is 0 Å². The van der Waals surface area contributed by atoms with Crippen molar-refractivity contribution in [1.29, 1.82) is 0 Å². The van der Waals surface area contributed by atoms with Crippen molar-refractivity contribution in [3.63, 3.8) is 0 Å². The van der Waals surface area contributed by atoms with Gasteiger partial charge in [-0.2, -0.15) is 0 Å². The fourth-order valence-electron chi connectivity index (χ4n) is 4.92. The zero-order chi connectivity index (χ0) is 13.3. The van der Waals surface area contributed by atoms with Crippen molar-refractivity contribution in [2.45, 2.75) is 57.0 Å². The minimum atomic E-state index is -0.224. The number of aryl methyl sites for hydroxylation is 3. The topological polar surface area (TPSA) is 20.2 Å². The molecule has 2 unspecified atom stereocenters. The predicted molar refractivity (Wildman–Crippen MR) is 81.2 cm³/mol. The quantitative estimate of drug-likeness (QED) is 0.756. The number of aliphatic hydroxyl groups is 1. The molecular weight excluding hydrogens is 244 g/mol. The highest BCUT2D eigenvalue weighted by Gasteiger charge is 2.33. The zero-order valence-electron chi connectivity index (χ0n) is 11.8. The molecule has 2 atom stereocenters. The molecule has 0 aromatic heterocycles. The fraction of sp³-hybridized carbons (Fsp3) is 0.474. The molecule has 2 aromatic carbocycles. The molecule has 5 rings (SSSR count). The van der Waals surface area contributed by atoms with E-state index in [9.17, 15) is 5.11 Å². The lowest BCUT2D eigenvalue weighted by atomic mass is 9.69. The number of rotatable bonds is 0. The lowest BCUT2D eigenvalue weighted by Crippen LogP contribution is -2.21. The number of aliphatic hydroxyl groups excluding tert-OH is 1. The Morgan fingerprint density at radius 2 is 1.65 bits per heavy atom. The Bertz CT molecular complexity index is 728. The number of hydrogen-bond donors (Lipinski definition) is 1. The fourth-order valence-corrected chi connectivity index (χ4v) is 4.92. The normalized spacial score (nSPS) is 26.9. The molecule has 102 valence electrons. The standard InChI is InChI=1S/C19H20O/c20-16-9-8-12-5-7-13-6-4-11-2-1-3-14-10-15(16)18(12)19(13)17(11)14/h4,6,10,12,16,20H,1-3,5,7-9H2. The van der Waals surface area contributed by atoms with Crippen LogP contribution >= 0.6 is 0 Å². The van der Waals surface area contributed by atoms with Crippen molar-refractivity contribution in [3.05, 3.63) is 46.0 Å². The molecule has 0 aliphatic heterocycles. The van der Waals surface area contributed by atoms with Crippen LogP contribution in [0.3, 0.4) is 0 Å². The summed E-state index contributed by atoms with van der Waals surface area (Å²) in [6.07, 6.45) is 8.10. The first-order valence-corrected chi connectivity index (χ1v) is 8.11. The van der Waals surface area contributed by atoms with Crippen LogP contribution in [0.1, 0.15) is 65.5 Å². The Labute approximate surface area is 119 Å². The van der Waals surface area contributed by atoms with Gasteiger partial charge in [-0.1, -0.05) is 18.2 Å². The molecule has 0 amide bonds. The van der Waals surface area contributed by atoms with Crippen molar-refractivity contribution in [2.24, 2.45) is 0 Å². The third-order valence-corrected chi connectivity index (χ3v) is 5.82. The van der Waals surface area contributed by atoms with Gasteiger partial charge in [0.05, 0.1) is 6.10 Å². The molecule has 0 saturated heterocycles. The molecule has 1 heteroatoms. The molecule has 3 aliphatic carbocycles. The Morgan fingerprint density at radius 1 is 0.850 bits per heavy atom. The summed E-state index contributed by atoms with van der Waals surface area (Å²) in [7, 11) is 0. The summed E-state index contributed by atoms with van der Waals surface area (Å²) in [6.45, 7) is 0. The van der Waals surface area contributed by atoms with E-state index in [4.69, 9.17) is 0 Å². The molecule has 0 heterocycles. The van der Waals surface area contributed by atoms with Gasteiger partial charge >= 0.3 is 0 Å². The zero-order valence-corrected chi connectivity index (χ0v) is 11.8. The van der Waals surface area contributed by atoms with Gasteiger partial charge in [-0.05, 0) is 89.5 Å². The molecule has 1 nitrogen and oxygen atoms in total. The van der Waals surface area contributed by atoms with E-state index in [1.807, 2.05) is 0 Å². The van der Waals surface area contributed by atoms with Gasteiger partial charge in [-0.25, -0.2) is 0 Å². The van der Waals surface area contributed by atoms with E-state index >= 15 is 0 Å². The largest absolute Gasteiger partial charge is 0.388 e. The highest BCUT2D eigenvalue weighted by molar-refractivity contribution is 5.97. The van der Waals surface area contributed by atoms with Crippen LogP contribution < -0.4 is 0 Å². The second kappa shape index (κ2) is 3.85. The minimum absolute atomic E-state index is 0.224. The van der Waals surface area contributed by atoms with Crippen LogP contribution in [0.4, 0.5) is 0 Å². The Morgan fingerprint density at radius 3 is 2.55 bits per heavy atom. The summed E-state index contributed by atoms with van der Waals surface area (Å²) in [6, 6.07) is 7.09. The van der Waals surface area contributed by atoms with Gasteiger partial charge in [-0.3, -0.25) is 0 Å². The van der Waals surface area contributed by atoms with Gasteiger partial charge < -0.3 is 5.11 Å². The molecule has 20 heavy (non-hydrogen) atoms. The van der Waals surface area contributed by atoms with Crippen LogP contribution in [-0.2, 0) is 19.3 Å². The molecule has 2 aromatic rings. The molecule has 0 radical (unpaired) electrons. The second-order valence-electron chi connectivity index (χ2n) is 6.85. The monoisotopic (exact) mass is 264 g/mol. The van der Waals surface area contributed by atoms with Crippen LogP contribution in [0.25, 0.3) is 10.8 Å². The first-order valence-electron chi connectivity index (χ1n) is 8.11. The highest BCUT2D eigenvalue weighted by atomic mass is 16.3. The molecule has 1 N–H and O–H groups in total. The van der Waals surface area contributed by atoms with Crippen LogP contribution in [0, 0.1) is 0 Å². The maximum absolute atomic E-state index is 10.5. The highest BCUT2D eigenvalue weighted by Crippen LogP contribution is 2.49. The van der Waals surface area contributed by atoms with E-state index in [1.165, 1.54) is 60.8 Å². The van der Waals surface area contributed by atoms with Gasteiger partial charge in [0.25, 0.3) is 0 Å². The molecule has 0 spiro atoms. The lowest BCUT2D eigenvalue weighted by Gasteiger charge is -2.36. The number of hydrogen-bond acceptors (Lipinski definition) is 1. The summed E-state index contributed by atoms with van der Waals surface area (Å²) in [4.78, 5) is 0. The van der Waals surface area contributed by atoms with E-state index in [1.54, 1.807) is 16.3 Å². The van der Waals surface area contributed by atoms with Crippen molar-refractivity contribution in [1.82, 2.24) is 0 Å². The van der Waals surface area contributed by atoms with Crippen molar-refractivity contribution in [3.8, 4) is 0 Å². The summed E-state index contributed by atoms with van der Waals surface area (Å²) in [5, 5.41) is 13.6. The summed E-state index contributed by atoms with van der Waals surface area (Å²) < 4.78 is 0. The van der Waals surface area contributed by atoms with E-state index in [0.29, 0.717) is 5.92 Å². The average Bonchev–Trinajstić information content (AvgIpc) is 2.50. The van der Waals surface area contributed by atoms with Gasteiger partial charge in [-0.15, -0.1) is 0 Å². The van der Waals surface area contributed by atoms with E-state index < -0.39 is 0 Å². The van der Waals surface area contributed by atoms with E-state index in [0.717, 1.165) is 6.42 Å². The molecule has 0 fully saturated rings. The molecule has 0 bridgehead atoms. The van der Waals surface area contributed by atoms with E-state index in [-0.39, 0.29) is 6.10 Å². The van der Waals surface area contributed by atoms with Gasteiger partial charge in [0, 0.05) is 0 Å². The van der Waals surface area contributed by atoms with E-state index in [2.05, 4.69) is 18.2 Å². The number of benzene rings is 2. The maximum Gasteiger partial charge on any atom is 0.0793 e. The van der Waals surface area contributed by atoms with Gasteiger partial charge in [0.1, 0.15) is 0 Å². The molecule has 3 aliphatic rings. The van der Waals surface area contributed by atoms with Crippen LogP contribution in [-0.4, -0.2) is 5.11 Å². The smallest absolute Gasteiger partial charge is 0.0793 e. The molecular formula is C19H20O. The lowest BCUT2D eigenvalue weighted by molar-refractivity contribution is 0.149. The third-order valence-electron chi connectivity index (χ3n) is 5.82. The van der Waals surface area contributed by atoms with Gasteiger partial charge in [0.2, 0.25) is 0 Å². The van der Waals surface area contributed by atoms with Crippen molar-refractivity contribution >= 4 is 10.8 Å². The predicted octanol–water partition coefficient (Wildman–Crippen LogP) is 4.19. The summed E-state index contributed by atoms with van der Waals surface area (Å²) >= 11 is 0. The Hall–Kier alpha value is -1.34. The van der Waals surface area contributed by atoms with Crippen LogP contribution in [0.15, 0.2) is 18.2 Å². The Kier molecular flexibility index (Phi) is 2.18. The Balaban J connectivity index is 1.98. The van der Waals surface area contributed by atoms with Crippen LogP contribution in [0.2, 0.25) is 0 Å².